The zero-order chi connectivity index (χ0) is 14.0. The number of hydrogen-bond donors (Lipinski definition) is 0. The lowest BCUT2D eigenvalue weighted by Crippen LogP contribution is -2.38. The van der Waals surface area contributed by atoms with Crippen LogP contribution in [-0.2, 0) is 10.0 Å². The highest BCUT2D eigenvalue weighted by atomic mass is 79.9. The maximum atomic E-state index is 13.8. The van der Waals surface area contributed by atoms with Gasteiger partial charge in [-0.25, -0.2) is 12.8 Å². The first-order chi connectivity index (χ1) is 8.95. The van der Waals surface area contributed by atoms with Gasteiger partial charge >= 0.3 is 0 Å². The number of piperidine rings is 1. The number of nitrogens with zero attached hydrogens (tertiary/aromatic N) is 1. The second-order valence-corrected chi connectivity index (χ2v) is 7.65. The van der Waals surface area contributed by atoms with Gasteiger partial charge in [-0.05, 0) is 37.0 Å². The average Bonchev–Trinajstić information content (AvgIpc) is 2.38. The third-order valence-electron chi connectivity index (χ3n) is 3.66. The van der Waals surface area contributed by atoms with Gasteiger partial charge in [0.2, 0.25) is 10.0 Å². The fraction of sp³-hybridized carbons (Fsp3) is 0.538. The maximum absolute atomic E-state index is 13.8. The molecule has 0 radical (unpaired) electrons. The van der Waals surface area contributed by atoms with Gasteiger partial charge in [0, 0.05) is 17.6 Å². The molecule has 1 aliphatic rings. The third-order valence-corrected chi connectivity index (χ3v) is 6.09. The Labute approximate surface area is 122 Å². The molecule has 6 heteroatoms. The Hall–Kier alpha value is -0.460. The number of halogens is 2. The largest absolute Gasteiger partial charge is 0.245 e. The predicted octanol–water partition coefficient (Wildman–Crippen LogP) is 3.40. The van der Waals surface area contributed by atoms with Crippen molar-refractivity contribution in [3.8, 4) is 0 Å². The molecular weight excluding hydrogens is 333 g/mol. The number of benzene rings is 1. The van der Waals surface area contributed by atoms with E-state index in [1.165, 1.54) is 16.4 Å². The van der Waals surface area contributed by atoms with Gasteiger partial charge in [-0.1, -0.05) is 29.3 Å². The van der Waals surface area contributed by atoms with Gasteiger partial charge in [0.05, 0.1) is 0 Å². The summed E-state index contributed by atoms with van der Waals surface area (Å²) in [6.45, 7) is 3.08. The van der Waals surface area contributed by atoms with Crippen LogP contribution >= 0.6 is 15.9 Å². The van der Waals surface area contributed by atoms with Crippen molar-refractivity contribution >= 4 is 26.0 Å². The van der Waals surface area contributed by atoms with E-state index >= 15 is 0 Å². The monoisotopic (exact) mass is 349 g/mol. The summed E-state index contributed by atoms with van der Waals surface area (Å²) in [5, 5.41) is 0. The number of hydrogen-bond acceptors (Lipinski definition) is 2. The van der Waals surface area contributed by atoms with Crippen LogP contribution in [0.4, 0.5) is 4.39 Å². The molecule has 2 rings (SSSR count). The van der Waals surface area contributed by atoms with Gasteiger partial charge in [-0.2, -0.15) is 4.31 Å². The van der Waals surface area contributed by atoms with Crippen LogP contribution in [-0.4, -0.2) is 25.8 Å². The molecule has 1 saturated heterocycles. The summed E-state index contributed by atoms with van der Waals surface area (Å²) in [6, 6.07) is 4.06. The minimum atomic E-state index is -3.70. The summed E-state index contributed by atoms with van der Waals surface area (Å²) in [6.07, 6.45) is 2.78. The Bertz CT molecular complexity index is 554. The molecule has 0 aliphatic carbocycles. The van der Waals surface area contributed by atoms with Crippen molar-refractivity contribution < 1.29 is 12.8 Å². The van der Waals surface area contributed by atoms with Crippen molar-refractivity contribution in [2.75, 3.05) is 13.1 Å². The van der Waals surface area contributed by atoms with Crippen molar-refractivity contribution in [1.82, 2.24) is 4.31 Å². The Morgan fingerprint density at radius 3 is 2.53 bits per heavy atom. The molecule has 0 unspecified atom stereocenters. The van der Waals surface area contributed by atoms with Crippen LogP contribution in [0.5, 0.6) is 0 Å². The molecule has 3 nitrogen and oxygen atoms in total. The summed E-state index contributed by atoms with van der Waals surface area (Å²) >= 11 is 3.13. The zero-order valence-corrected chi connectivity index (χ0v) is 13.2. The first-order valence-electron chi connectivity index (χ1n) is 6.40. The van der Waals surface area contributed by atoms with E-state index in [0.29, 0.717) is 23.5 Å². The molecule has 0 N–H and O–H groups in total. The van der Waals surface area contributed by atoms with E-state index in [4.69, 9.17) is 0 Å². The minimum absolute atomic E-state index is 0.231. The molecule has 1 aromatic rings. The van der Waals surface area contributed by atoms with Crippen LogP contribution in [0.25, 0.3) is 0 Å². The summed E-state index contributed by atoms with van der Waals surface area (Å²) in [7, 11) is -3.70. The topological polar surface area (TPSA) is 37.4 Å². The molecule has 1 aromatic carbocycles. The Morgan fingerprint density at radius 2 is 2.00 bits per heavy atom. The van der Waals surface area contributed by atoms with Crippen molar-refractivity contribution in [1.29, 1.82) is 0 Å². The molecule has 1 fully saturated rings. The van der Waals surface area contributed by atoms with Crippen LogP contribution in [0.2, 0.25) is 0 Å². The van der Waals surface area contributed by atoms with Crippen molar-refractivity contribution in [2.24, 2.45) is 5.92 Å². The molecule has 0 atom stereocenters. The van der Waals surface area contributed by atoms with E-state index in [-0.39, 0.29) is 4.90 Å². The quantitative estimate of drug-likeness (QED) is 0.838. The van der Waals surface area contributed by atoms with E-state index in [9.17, 15) is 12.8 Å². The third kappa shape index (κ3) is 3.17. The van der Waals surface area contributed by atoms with E-state index < -0.39 is 15.8 Å². The van der Waals surface area contributed by atoms with Crippen molar-refractivity contribution in [2.45, 2.75) is 31.1 Å². The van der Waals surface area contributed by atoms with Gasteiger partial charge in [0.1, 0.15) is 10.7 Å². The highest BCUT2D eigenvalue weighted by Gasteiger charge is 2.30. The van der Waals surface area contributed by atoms with E-state index in [1.807, 2.05) is 0 Å². The average molecular weight is 350 g/mol. The molecule has 0 bridgehead atoms. The lowest BCUT2D eigenvalue weighted by Gasteiger charge is -2.30. The van der Waals surface area contributed by atoms with Gasteiger partial charge < -0.3 is 0 Å². The van der Waals surface area contributed by atoms with Gasteiger partial charge in [0.25, 0.3) is 0 Å². The first kappa shape index (κ1) is 14.9. The highest BCUT2D eigenvalue weighted by molar-refractivity contribution is 9.10. The molecular formula is C13H17BrFNO2S. The van der Waals surface area contributed by atoms with Crippen LogP contribution in [0.1, 0.15) is 26.2 Å². The number of rotatable bonds is 3. The van der Waals surface area contributed by atoms with Gasteiger partial charge in [-0.3, -0.25) is 0 Å². The van der Waals surface area contributed by atoms with Gasteiger partial charge in [0.15, 0.2) is 0 Å². The van der Waals surface area contributed by atoms with Crippen molar-refractivity contribution in [3.63, 3.8) is 0 Å². The lowest BCUT2D eigenvalue weighted by molar-refractivity contribution is 0.268. The minimum Gasteiger partial charge on any atom is -0.207 e. The molecule has 0 spiro atoms. The fourth-order valence-electron chi connectivity index (χ4n) is 2.38. The van der Waals surface area contributed by atoms with Crippen LogP contribution in [0.3, 0.4) is 0 Å². The summed E-state index contributed by atoms with van der Waals surface area (Å²) in [5.41, 5.74) is 0. The summed E-state index contributed by atoms with van der Waals surface area (Å²) < 4.78 is 40.5. The van der Waals surface area contributed by atoms with Crippen LogP contribution < -0.4 is 0 Å². The zero-order valence-electron chi connectivity index (χ0n) is 10.8. The van der Waals surface area contributed by atoms with E-state index in [0.717, 1.165) is 19.3 Å². The standard InChI is InChI=1S/C13H17BrFNO2S/c1-2-10-5-7-16(8-6-10)19(17,18)13-4-3-11(14)9-12(13)15/h3-4,9-10H,2,5-8H2,1H3. The Morgan fingerprint density at radius 1 is 1.37 bits per heavy atom. The van der Waals surface area contributed by atoms with Crippen LogP contribution in [0, 0.1) is 11.7 Å². The normalized spacial score (nSPS) is 18.7. The lowest BCUT2D eigenvalue weighted by atomic mass is 9.96. The smallest absolute Gasteiger partial charge is 0.207 e. The molecule has 0 aromatic heterocycles. The maximum Gasteiger partial charge on any atom is 0.245 e. The molecule has 19 heavy (non-hydrogen) atoms. The van der Waals surface area contributed by atoms with E-state index in [1.54, 1.807) is 6.07 Å². The molecule has 1 aliphatic heterocycles. The van der Waals surface area contributed by atoms with Crippen molar-refractivity contribution in [3.05, 3.63) is 28.5 Å². The Balaban J connectivity index is 2.23. The molecule has 0 amide bonds. The fourth-order valence-corrected chi connectivity index (χ4v) is 4.23. The SMILES string of the molecule is CCC1CCN(S(=O)(=O)c2ccc(Br)cc2F)CC1. The molecule has 1 heterocycles. The second kappa shape index (κ2) is 5.89. The van der Waals surface area contributed by atoms with Crippen LogP contribution in [0.15, 0.2) is 27.6 Å². The predicted molar refractivity (Wildman–Crippen MR) is 75.9 cm³/mol. The van der Waals surface area contributed by atoms with E-state index in [2.05, 4.69) is 22.9 Å². The number of sulfonamides is 1. The summed E-state index contributed by atoms with van der Waals surface area (Å²) in [5.74, 6) is -0.117. The summed E-state index contributed by atoms with van der Waals surface area (Å²) in [4.78, 5) is -0.231. The molecule has 106 valence electrons. The van der Waals surface area contributed by atoms with Gasteiger partial charge in [-0.15, -0.1) is 0 Å². The second-order valence-electron chi connectivity index (χ2n) is 4.83. The Kier molecular flexibility index (Phi) is 4.63. The molecule has 0 saturated carbocycles. The highest BCUT2D eigenvalue weighted by Crippen LogP contribution is 2.27. The first-order valence-corrected chi connectivity index (χ1v) is 8.63.